The van der Waals surface area contributed by atoms with E-state index in [9.17, 15) is 14.0 Å². The van der Waals surface area contributed by atoms with Gasteiger partial charge in [0.2, 0.25) is 0 Å². The quantitative estimate of drug-likeness (QED) is 0.218. The summed E-state index contributed by atoms with van der Waals surface area (Å²) in [6.45, 7) is 6.87. The summed E-state index contributed by atoms with van der Waals surface area (Å²) in [5.74, 6) is 6.02. The number of benzene rings is 2. The number of carbonyl (C=O) groups excluding carboxylic acids is 2. The second kappa shape index (κ2) is 12.4. The summed E-state index contributed by atoms with van der Waals surface area (Å²) >= 11 is 1.58. The molecule has 9 heteroatoms. The molecule has 204 valence electrons. The molecule has 39 heavy (non-hydrogen) atoms. The minimum absolute atomic E-state index is 0.221. The molecule has 0 N–H and O–H groups in total. The summed E-state index contributed by atoms with van der Waals surface area (Å²) in [6, 6.07) is 13.5. The molecule has 2 heterocycles. The fraction of sp³-hybridized carbons (Fsp3) is 0.367. The number of carbonyl (C=O) groups is 2. The number of hydrogen-bond donors (Lipinski definition) is 0. The van der Waals surface area contributed by atoms with Gasteiger partial charge >= 0.3 is 12.1 Å². The predicted octanol–water partition coefficient (Wildman–Crippen LogP) is 6.07. The zero-order chi connectivity index (χ0) is 28.0. The molecule has 1 fully saturated rings. The molecule has 0 bridgehead atoms. The molecule has 1 amide bonds. The number of likely N-dealkylation sites (tertiary alicyclic amines) is 1. The SMILES string of the molecule is COC(=O)c1ccc(SCc2ccn(C3CCN(C(=O)OC(C)(C)C)CC3)n2)c(C#Cc2ccc(F)cc2)c1. The van der Waals surface area contributed by atoms with Crippen molar-refractivity contribution in [2.45, 2.75) is 55.9 Å². The van der Waals surface area contributed by atoms with Crippen molar-refractivity contribution in [1.82, 2.24) is 14.7 Å². The highest BCUT2D eigenvalue weighted by atomic mass is 32.2. The van der Waals surface area contributed by atoms with E-state index in [1.54, 1.807) is 40.9 Å². The van der Waals surface area contributed by atoms with E-state index in [0.29, 0.717) is 35.5 Å². The van der Waals surface area contributed by atoms with Gasteiger partial charge in [-0.05, 0) is 82.1 Å². The Morgan fingerprint density at radius 2 is 1.79 bits per heavy atom. The molecule has 0 atom stereocenters. The molecule has 1 aromatic heterocycles. The average molecular weight is 550 g/mol. The number of halogens is 1. The lowest BCUT2D eigenvalue weighted by molar-refractivity contribution is 0.0184. The molecule has 0 radical (unpaired) electrons. The van der Waals surface area contributed by atoms with Gasteiger partial charge < -0.3 is 14.4 Å². The van der Waals surface area contributed by atoms with Crippen molar-refractivity contribution in [3.05, 3.63) is 82.9 Å². The van der Waals surface area contributed by atoms with Crippen molar-refractivity contribution < 1.29 is 23.5 Å². The molecular weight excluding hydrogens is 517 g/mol. The molecule has 0 aliphatic carbocycles. The lowest BCUT2D eigenvalue weighted by Gasteiger charge is -2.33. The molecule has 0 saturated carbocycles. The van der Waals surface area contributed by atoms with Gasteiger partial charge in [0, 0.05) is 41.1 Å². The predicted molar refractivity (Wildman–Crippen MR) is 148 cm³/mol. The van der Waals surface area contributed by atoms with Crippen molar-refractivity contribution >= 4 is 23.8 Å². The van der Waals surface area contributed by atoms with E-state index in [0.717, 1.165) is 23.4 Å². The monoisotopic (exact) mass is 549 g/mol. The Morgan fingerprint density at radius 1 is 1.08 bits per heavy atom. The first kappa shape index (κ1) is 28.2. The second-order valence-corrected chi connectivity index (χ2v) is 11.3. The van der Waals surface area contributed by atoms with Crippen LogP contribution in [0.1, 0.15) is 66.8 Å². The summed E-state index contributed by atoms with van der Waals surface area (Å²) in [5, 5.41) is 4.78. The Bertz CT molecular complexity index is 1380. The van der Waals surface area contributed by atoms with E-state index in [1.165, 1.54) is 19.2 Å². The van der Waals surface area contributed by atoms with E-state index in [-0.39, 0.29) is 18.0 Å². The number of ether oxygens (including phenoxy) is 2. The molecule has 7 nitrogen and oxygen atoms in total. The van der Waals surface area contributed by atoms with Crippen LogP contribution in [-0.2, 0) is 15.2 Å². The van der Waals surface area contributed by atoms with Gasteiger partial charge in [-0.15, -0.1) is 11.8 Å². The molecule has 4 rings (SSSR count). The number of thioether (sulfide) groups is 1. The summed E-state index contributed by atoms with van der Waals surface area (Å²) in [4.78, 5) is 27.1. The number of esters is 1. The van der Waals surface area contributed by atoms with E-state index < -0.39 is 11.6 Å². The van der Waals surface area contributed by atoms with E-state index in [4.69, 9.17) is 14.6 Å². The largest absolute Gasteiger partial charge is 0.465 e. The van der Waals surface area contributed by atoms with Gasteiger partial charge in [0.05, 0.1) is 24.4 Å². The van der Waals surface area contributed by atoms with Crippen LogP contribution in [-0.4, -0.2) is 52.5 Å². The first-order valence-corrected chi connectivity index (χ1v) is 13.7. The van der Waals surface area contributed by atoms with Gasteiger partial charge in [-0.25, -0.2) is 14.0 Å². The van der Waals surface area contributed by atoms with Crippen LogP contribution in [0.4, 0.5) is 9.18 Å². The van der Waals surface area contributed by atoms with Crippen LogP contribution in [0.5, 0.6) is 0 Å². The smallest absolute Gasteiger partial charge is 0.410 e. The molecule has 1 aliphatic heterocycles. The molecule has 1 aliphatic rings. The Kier molecular flexibility index (Phi) is 8.97. The van der Waals surface area contributed by atoms with Crippen LogP contribution in [0.3, 0.4) is 0 Å². The van der Waals surface area contributed by atoms with Crippen molar-refractivity contribution in [1.29, 1.82) is 0 Å². The van der Waals surface area contributed by atoms with Crippen molar-refractivity contribution in [2.75, 3.05) is 20.2 Å². The minimum atomic E-state index is -0.505. The highest BCUT2D eigenvalue weighted by Crippen LogP contribution is 2.28. The van der Waals surface area contributed by atoms with Gasteiger partial charge in [-0.3, -0.25) is 4.68 Å². The fourth-order valence-electron chi connectivity index (χ4n) is 4.12. The van der Waals surface area contributed by atoms with Crippen molar-refractivity contribution in [3.8, 4) is 11.8 Å². The highest BCUT2D eigenvalue weighted by molar-refractivity contribution is 7.98. The van der Waals surface area contributed by atoms with Crippen molar-refractivity contribution in [3.63, 3.8) is 0 Å². The Hall–Kier alpha value is -3.77. The topological polar surface area (TPSA) is 73.7 Å². The van der Waals surface area contributed by atoms with E-state index in [1.807, 2.05) is 43.8 Å². The van der Waals surface area contributed by atoms with Crippen LogP contribution in [0.15, 0.2) is 59.6 Å². The van der Waals surface area contributed by atoms with E-state index in [2.05, 4.69) is 11.8 Å². The maximum atomic E-state index is 13.2. The first-order valence-electron chi connectivity index (χ1n) is 12.8. The second-order valence-electron chi connectivity index (χ2n) is 10.2. The highest BCUT2D eigenvalue weighted by Gasteiger charge is 2.27. The lowest BCUT2D eigenvalue weighted by atomic mass is 10.1. The molecule has 1 saturated heterocycles. The summed E-state index contributed by atoms with van der Waals surface area (Å²) < 4.78 is 25.6. The fourth-order valence-corrected chi connectivity index (χ4v) is 5.01. The van der Waals surface area contributed by atoms with E-state index >= 15 is 0 Å². The third-order valence-electron chi connectivity index (χ3n) is 6.12. The molecular formula is C30H32FN3O4S. The summed E-state index contributed by atoms with van der Waals surface area (Å²) in [6.07, 6.45) is 3.34. The zero-order valence-electron chi connectivity index (χ0n) is 22.6. The maximum absolute atomic E-state index is 13.2. The molecule has 3 aromatic rings. The number of aromatic nitrogens is 2. The maximum Gasteiger partial charge on any atom is 0.410 e. The third-order valence-corrected chi connectivity index (χ3v) is 7.22. The molecule has 0 spiro atoms. The van der Waals surface area contributed by atoms with Crippen LogP contribution < -0.4 is 0 Å². The van der Waals surface area contributed by atoms with Crippen LogP contribution >= 0.6 is 11.8 Å². The van der Waals surface area contributed by atoms with Gasteiger partial charge in [0.25, 0.3) is 0 Å². The van der Waals surface area contributed by atoms with Crippen LogP contribution in [0, 0.1) is 17.7 Å². The normalized spacial score (nSPS) is 13.9. The third kappa shape index (κ3) is 7.87. The zero-order valence-corrected chi connectivity index (χ0v) is 23.4. The molecule has 2 aromatic carbocycles. The van der Waals surface area contributed by atoms with Gasteiger partial charge in [-0.1, -0.05) is 11.8 Å². The average Bonchev–Trinajstić information content (AvgIpc) is 3.39. The first-order chi connectivity index (χ1) is 18.6. The van der Waals surface area contributed by atoms with Crippen LogP contribution in [0.25, 0.3) is 0 Å². The Labute approximate surface area is 232 Å². The Morgan fingerprint density at radius 3 is 2.46 bits per heavy atom. The molecule has 0 unspecified atom stereocenters. The number of nitrogens with zero attached hydrogens (tertiary/aromatic N) is 3. The van der Waals surface area contributed by atoms with Gasteiger partial charge in [0.1, 0.15) is 11.4 Å². The van der Waals surface area contributed by atoms with Gasteiger partial charge in [-0.2, -0.15) is 5.10 Å². The Balaban J connectivity index is 1.41. The van der Waals surface area contributed by atoms with Crippen LogP contribution in [0.2, 0.25) is 0 Å². The number of hydrogen-bond acceptors (Lipinski definition) is 6. The standard InChI is InChI=1S/C30H32FN3O4S/c1-30(2,3)38-29(36)33-16-14-26(15-17-33)34-18-13-25(32-34)20-39-27-12-9-23(28(35)37-4)19-22(27)8-5-21-6-10-24(31)11-7-21/h6-7,9-13,18-19,26H,14-17,20H2,1-4H3. The van der Waals surface area contributed by atoms with Crippen molar-refractivity contribution in [2.24, 2.45) is 0 Å². The minimum Gasteiger partial charge on any atom is -0.465 e. The lowest BCUT2D eigenvalue weighted by Crippen LogP contribution is -2.42. The van der Waals surface area contributed by atoms with Gasteiger partial charge in [0.15, 0.2) is 0 Å². The number of rotatable bonds is 5. The number of methoxy groups -OCH3 is 1. The summed E-state index contributed by atoms with van der Waals surface area (Å²) in [7, 11) is 1.34. The number of piperidine rings is 1. The number of amides is 1. The summed E-state index contributed by atoms with van der Waals surface area (Å²) in [5.41, 5.74) is 2.18.